The summed E-state index contributed by atoms with van der Waals surface area (Å²) in [5.74, 6) is 2.10. The van der Waals surface area contributed by atoms with Gasteiger partial charge in [-0.1, -0.05) is 54.6 Å². The topological polar surface area (TPSA) is 45.2 Å². The van der Waals surface area contributed by atoms with E-state index in [1.54, 1.807) is 6.07 Å². The summed E-state index contributed by atoms with van der Waals surface area (Å²) in [7, 11) is 0. The Morgan fingerprint density at radius 3 is 2.09 bits per heavy atom. The number of hydrogen-bond acceptors (Lipinski definition) is 5. The fourth-order valence-electron chi connectivity index (χ4n) is 4.17. The molecular formula is C28H34N2O3. The molecule has 0 bridgehead atoms. The summed E-state index contributed by atoms with van der Waals surface area (Å²) >= 11 is 0. The van der Waals surface area contributed by atoms with Crippen molar-refractivity contribution < 1.29 is 14.6 Å². The Balaban J connectivity index is 1.12. The van der Waals surface area contributed by atoms with Crippen LogP contribution in [-0.2, 0) is 17.8 Å². The van der Waals surface area contributed by atoms with Crippen molar-refractivity contribution in [2.45, 2.75) is 19.4 Å². The summed E-state index contributed by atoms with van der Waals surface area (Å²) in [5.41, 5.74) is 2.11. The molecule has 3 aromatic rings. The average Bonchev–Trinajstić information content (AvgIpc) is 2.85. The number of piperazine rings is 1. The summed E-state index contributed by atoms with van der Waals surface area (Å²) in [4.78, 5) is 5.00. The van der Waals surface area contributed by atoms with Crippen molar-refractivity contribution in [3.05, 3.63) is 90.0 Å². The lowest BCUT2D eigenvalue weighted by Crippen LogP contribution is -2.47. The van der Waals surface area contributed by atoms with Crippen LogP contribution in [0, 0.1) is 0 Å². The molecule has 5 heteroatoms. The van der Waals surface area contributed by atoms with E-state index in [2.05, 4.69) is 15.9 Å². The van der Waals surface area contributed by atoms with Gasteiger partial charge in [0.25, 0.3) is 0 Å². The van der Waals surface area contributed by atoms with Gasteiger partial charge in [-0.05, 0) is 49.2 Å². The van der Waals surface area contributed by atoms with Gasteiger partial charge < -0.3 is 19.5 Å². The first-order valence-electron chi connectivity index (χ1n) is 11.9. The molecular weight excluding hydrogens is 412 g/mol. The van der Waals surface area contributed by atoms with Crippen LogP contribution in [0.5, 0.6) is 17.2 Å². The van der Waals surface area contributed by atoms with E-state index in [1.165, 1.54) is 0 Å². The SMILES string of the molecule is Oc1ccccc1CCCN1CCN(CCOCc2ccccc2Oc2ccccc2)CC1. The van der Waals surface area contributed by atoms with Crippen LogP contribution in [0.1, 0.15) is 17.5 Å². The fourth-order valence-corrected chi connectivity index (χ4v) is 4.17. The zero-order chi connectivity index (χ0) is 22.7. The largest absolute Gasteiger partial charge is 0.508 e. The summed E-state index contributed by atoms with van der Waals surface area (Å²) < 4.78 is 12.0. The quantitative estimate of drug-likeness (QED) is 0.422. The van der Waals surface area contributed by atoms with Crippen LogP contribution in [0.4, 0.5) is 0 Å². The Labute approximate surface area is 197 Å². The van der Waals surface area contributed by atoms with Gasteiger partial charge in [0.2, 0.25) is 0 Å². The number of rotatable bonds is 11. The molecule has 1 N–H and O–H groups in total. The summed E-state index contributed by atoms with van der Waals surface area (Å²) in [6.07, 6.45) is 2.00. The van der Waals surface area contributed by atoms with E-state index in [0.717, 1.165) is 74.7 Å². The van der Waals surface area contributed by atoms with E-state index >= 15 is 0 Å². The molecule has 1 aliphatic heterocycles. The van der Waals surface area contributed by atoms with Crippen molar-refractivity contribution in [2.75, 3.05) is 45.9 Å². The maximum Gasteiger partial charge on any atom is 0.132 e. The van der Waals surface area contributed by atoms with Gasteiger partial charge in [0.1, 0.15) is 17.2 Å². The van der Waals surface area contributed by atoms with Crippen molar-refractivity contribution in [2.24, 2.45) is 0 Å². The van der Waals surface area contributed by atoms with Gasteiger partial charge in [-0.25, -0.2) is 0 Å². The van der Waals surface area contributed by atoms with Gasteiger partial charge in [-0.3, -0.25) is 4.90 Å². The number of ether oxygens (including phenoxy) is 2. The molecule has 1 aliphatic rings. The van der Waals surface area contributed by atoms with Gasteiger partial charge in [0.15, 0.2) is 0 Å². The third-order valence-electron chi connectivity index (χ3n) is 6.13. The highest BCUT2D eigenvalue weighted by Crippen LogP contribution is 2.25. The van der Waals surface area contributed by atoms with Crippen LogP contribution in [0.2, 0.25) is 0 Å². The number of phenols is 1. The lowest BCUT2D eigenvalue weighted by Gasteiger charge is -2.34. The first-order chi connectivity index (χ1) is 16.3. The van der Waals surface area contributed by atoms with E-state index in [0.29, 0.717) is 19.0 Å². The molecule has 1 heterocycles. The molecule has 174 valence electrons. The number of nitrogens with zero attached hydrogens (tertiary/aromatic N) is 2. The maximum atomic E-state index is 9.90. The van der Waals surface area contributed by atoms with Crippen molar-refractivity contribution in [1.29, 1.82) is 0 Å². The Hall–Kier alpha value is -2.86. The number of benzene rings is 3. The third kappa shape index (κ3) is 7.32. The second kappa shape index (κ2) is 12.4. The minimum Gasteiger partial charge on any atom is -0.508 e. The van der Waals surface area contributed by atoms with E-state index in [-0.39, 0.29) is 0 Å². The van der Waals surface area contributed by atoms with E-state index in [4.69, 9.17) is 9.47 Å². The second-order valence-electron chi connectivity index (χ2n) is 8.49. The van der Waals surface area contributed by atoms with Gasteiger partial charge in [0.05, 0.1) is 13.2 Å². The second-order valence-corrected chi connectivity index (χ2v) is 8.49. The molecule has 1 fully saturated rings. The van der Waals surface area contributed by atoms with Gasteiger partial charge in [-0.2, -0.15) is 0 Å². The molecule has 0 saturated carbocycles. The molecule has 0 aromatic heterocycles. The molecule has 0 unspecified atom stereocenters. The number of para-hydroxylation sites is 3. The zero-order valence-corrected chi connectivity index (χ0v) is 19.2. The molecule has 4 rings (SSSR count). The molecule has 1 saturated heterocycles. The fraction of sp³-hybridized carbons (Fsp3) is 0.357. The molecule has 33 heavy (non-hydrogen) atoms. The molecule has 0 aliphatic carbocycles. The zero-order valence-electron chi connectivity index (χ0n) is 19.2. The molecule has 0 atom stereocenters. The van der Waals surface area contributed by atoms with Crippen LogP contribution in [0.15, 0.2) is 78.9 Å². The Kier molecular flexibility index (Phi) is 8.76. The number of phenolic OH excluding ortho intramolecular Hbond substituents is 1. The predicted octanol–water partition coefficient (Wildman–Crippen LogP) is 4.95. The first kappa shape index (κ1) is 23.3. The lowest BCUT2D eigenvalue weighted by atomic mass is 10.1. The summed E-state index contributed by atoms with van der Waals surface area (Å²) in [6, 6.07) is 25.6. The highest BCUT2D eigenvalue weighted by atomic mass is 16.5. The summed E-state index contributed by atoms with van der Waals surface area (Å²) in [5, 5.41) is 9.90. The lowest BCUT2D eigenvalue weighted by molar-refractivity contribution is 0.0676. The predicted molar refractivity (Wildman–Crippen MR) is 132 cm³/mol. The number of hydrogen-bond donors (Lipinski definition) is 1. The first-order valence-corrected chi connectivity index (χ1v) is 11.9. The van der Waals surface area contributed by atoms with E-state index < -0.39 is 0 Å². The normalized spacial score (nSPS) is 14.9. The molecule has 0 radical (unpaired) electrons. The summed E-state index contributed by atoms with van der Waals surface area (Å²) in [6.45, 7) is 7.64. The van der Waals surface area contributed by atoms with Gasteiger partial charge in [0, 0.05) is 38.3 Å². The van der Waals surface area contributed by atoms with E-state index in [9.17, 15) is 5.11 Å². The van der Waals surface area contributed by atoms with E-state index in [1.807, 2.05) is 66.7 Å². The molecule has 0 spiro atoms. The minimum absolute atomic E-state index is 0.413. The number of aryl methyl sites for hydroxylation is 1. The van der Waals surface area contributed by atoms with Crippen molar-refractivity contribution >= 4 is 0 Å². The van der Waals surface area contributed by atoms with Crippen LogP contribution in [-0.4, -0.2) is 60.8 Å². The van der Waals surface area contributed by atoms with Crippen molar-refractivity contribution in [3.8, 4) is 17.2 Å². The van der Waals surface area contributed by atoms with Crippen molar-refractivity contribution in [3.63, 3.8) is 0 Å². The highest BCUT2D eigenvalue weighted by molar-refractivity contribution is 5.37. The van der Waals surface area contributed by atoms with Crippen LogP contribution in [0.3, 0.4) is 0 Å². The van der Waals surface area contributed by atoms with Crippen LogP contribution in [0.25, 0.3) is 0 Å². The highest BCUT2D eigenvalue weighted by Gasteiger charge is 2.16. The average molecular weight is 447 g/mol. The molecule has 5 nitrogen and oxygen atoms in total. The van der Waals surface area contributed by atoms with Gasteiger partial charge >= 0.3 is 0 Å². The standard InChI is InChI=1S/C28H34N2O3/c31-27-14-6-4-9-24(27)11-8-16-29-17-19-30(20-18-29)21-22-32-23-25-10-5-7-15-28(25)33-26-12-2-1-3-13-26/h1-7,9-10,12-15,31H,8,11,16-23H2. The Bertz CT molecular complexity index is 972. The molecule has 3 aromatic carbocycles. The monoisotopic (exact) mass is 446 g/mol. The van der Waals surface area contributed by atoms with Crippen LogP contribution < -0.4 is 4.74 Å². The van der Waals surface area contributed by atoms with Crippen molar-refractivity contribution in [1.82, 2.24) is 9.80 Å². The number of aromatic hydroxyl groups is 1. The minimum atomic E-state index is 0.413. The third-order valence-corrected chi connectivity index (χ3v) is 6.13. The van der Waals surface area contributed by atoms with Crippen LogP contribution >= 0.6 is 0 Å². The van der Waals surface area contributed by atoms with Gasteiger partial charge in [-0.15, -0.1) is 0 Å². The maximum absolute atomic E-state index is 9.90. The molecule has 0 amide bonds. The smallest absolute Gasteiger partial charge is 0.132 e. The Morgan fingerprint density at radius 1 is 0.697 bits per heavy atom. The Morgan fingerprint density at radius 2 is 1.33 bits per heavy atom.